The largest absolute Gasteiger partial charge is 0.329 e. The molecule has 15 heavy (non-hydrogen) atoms. The van der Waals surface area contributed by atoms with Gasteiger partial charge in [-0.05, 0) is 24.6 Å². The highest BCUT2D eigenvalue weighted by Gasteiger charge is 2.14. The summed E-state index contributed by atoms with van der Waals surface area (Å²) in [6, 6.07) is 3.78. The summed E-state index contributed by atoms with van der Waals surface area (Å²) in [6.07, 6.45) is 0. The fraction of sp³-hybridized carbons (Fsp3) is 0.333. The maximum atomic E-state index is 13.1. The summed E-state index contributed by atoms with van der Waals surface area (Å²) in [7, 11) is -3.63. The fourth-order valence-corrected chi connectivity index (χ4v) is 2.08. The first-order chi connectivity index (χ1) is 6.97. The molecule has 0 aliphatic heterocycles. The zero-order valence-corrected chi connectivity index (χ0v) is 9.14. The first-order valence-corrected chi connectivity index (χ1v) is 5.91. The number of nitrogens with one attached hydrogen (secondary N) is 1. The Bertz CT molecular complexity index is 445. The Morgan fingerprint density at radius 2 is 2.13 bits per heavy atom. The van der Waals surface area contributed by atoms with Crippen molar-refractivity contribution in [3.63, 3.8) is 0 Å². The molecular formula is C9H13FN2O2S. The van der Waals surface area contributed by atoms with Gasteiger partial charge in [0.1, 0.15) is 5.82 Å². The van der Waals surface area contributed by atoms with Crippen molar-refractivity contribution in [3.05, 3.63) is 29.6 Å². The Balaban J connectivity index is 3.00. The van der Waals surface area contributed by atoms with Gasteiger partial charge in [0.25, 0.3) is 0 Å². The molecule has 0 unspecified atom stereocenters. The highest BCUT2D eigenvalue weighted by Crippen LogP contribution is 2.13. The van der Waals surface area contributed by atoms with Crippen LogP contribution in [0.25, 0.3) is 0 Å². The van der Waals surface area contributed by atoms with E-state index in [1.54, 1.807) is 6.92 Å². The summed E-state index contributed by atoms with van der Waals surface area (Å²) in [6.45, 7) is 1.91. The predicted molar refractivity (Wildman–Crippen MR) is 55.4 cm³/mol. The van der Waals surface area contributed by atoms with Gasteiger partial charge in [-0.3, -0.25) is 0 Å². The van der Waals surface area contributed by atoms with Crippen LogP contribution >= 0.6 is 0 Å². The summed E-state index contributed by atoms with van der Waals surface area (Å²) < 4.78 is 38.4. The average molecular weight is 232 g/mol. The van der Waals surface area contributed by atoms with Crippen LogP contribution in [0.2, 0.25) is 0 Å². The number of benzene rings is 1. The van der Waals surface area contributed by atoms with Crippen LogP contribution in [0.5, 0.6) is 0 Å². The van der Waals surface area contributed by atoms with E-state index in [2.05, 4.69) is 4.72 Å². The van der Waals surface area contributed by atoms with Crippen LogP contribution in [0.4, 0.5) is 4.39 Å². The number of sulfonamides is 1. The van der Waals surface area contributed by atoms with Crippen molar-refractivity contribution < 1.29 is 12.8 Å². The van der Waals surface area contributed by atoms with E-state index in [1.165, 1.54) is 12.1 Å². The third-order valence-corrected chi connectivity index (χ3v) is 3.35. The van der Waals surface area contributed by atoms with Gasteiger partial charge in [-0.25, -0.2) is 17.5 Å². The minimum atomic E-state index is -3.63. The second-order valence-electron chi connectivity index (χ2n) is 3.10. The molecule has 0 saturated carbocycles. The Morgan fingerprint density at radius 1 is 1.47 bits per heavy atom. The molecule has 1 rings (SSSR count). The maximum absolute atomic E-state index is 13.1. The number of halogens is 1. The van der Waals surface area contributed by atoms with Gasteiger partial charge >= 0.3 is 0 Å². The van der Waals surface area contributed by atoms with E-state index in [4.69, 9.17) is 5.73 Å². The first kappa shape index (κ1) is 12.1. The van der Waals surface area contributed by atoms with Gasteiger partial charge in [0, 0.05) is 13.1 Å². The van der Waals surface area contributed by atoms with E-state index in [-0.39, 0.29) is 18.0 Å². The van der Waals surface area contributed by atoms with Crippen LogP contribution in [0.1, 0.15) is 5.56 Å². The molecule has 0 spiro atoms. The van der Waals surface area contributed by atoms with Crippen molar-refractivity contribution >= 4 is 10.0 Å². The fourth-order valence-electron chi connectivity index (χ4n) is 1.02. The predicted octanol–water partition coefficient (Wildman–Crippen LogP) is 0.371. The second-order valence-corrected chi connectivity index (χ2v) is 4.86. The molecule has 1 aromatic rings. The van der Waals surface area contributed by atoms with Crippen LogP contribution in [-0.2, 0) is 10.0 Å². The monoisotopic (exact) mass is 232 g/mol. The lowest BCUT2D eigenvalue weighted by Crippen LogP contribution is -2.29. The SMILES string of the molecule is Cc1ccc(S(=O)(=O)NCCN)cc1F. The van der Waals surface area contributed by atoms with E-state index in [1.807, 2.05) is 0 Å². The molecule has 0 aromatic heterocycles. The zero-order chi connectivity index (χ0) is 11.5. The number of nitrogens with two attached hydrogens (primary N) is 1. The van der Waals surface area contributed by atoms with Crippen molar-refractivity contribution in [2.45, 2.75) is 11.8 Å². The lowest BCUT2D eigenvalue weighted by atomic mass is 10.2. The first-order valence-electron chi connectivity index (χ1n) is 4.43. The van der Waals surface area contributed by atoms with Gasteiger partial charge in [-0.1, -0.05) is 6.07 Å². The zero-order valence-electron chi connectivity index (χ0n) is 8.33. The normalized spacial score (nSPS) is 11.7. The number of hydrogen-bond acceptors (Lipinski definition) is 3. The highest BCUT2D eigenvalue weighted by molar-refractivity contribution is 7.89. The Morgan fingerprint density at radius 3 is 2.67 bits per heavy atom. The topological polar surface area (TPSA) is 72.2 Å². The van der Waals surface area contributed by atoms with E-state index >= 15 is 0 Å². The molecule has 0 heterocycles. The second kappa shape index (κ2) is 4.69. The summed E-state index contributed by atoms with van der Waals surface area (Å²) in [5, 5.41) is 0. The van der Waals surface area contributed by atoms with Crippen molar-refractivity contribution in [2.24, 2.45) is 5.73 Å². The molecule has 0 radical (unpaired) electrons. The standard InChI is InChI=1S/C9H13FN2O2S/c1-7-2-3-8(6-9(7)10)15(13,14)12-5-4-11/h2-3,6,12H,4-5,11H2,1H3. The van der Waals surface area contributed by atoms with Gasteiger partial charge in [0.2, 0.25) is 10.0 Å². The minimum absolute atomic E-state index is 0.0842. The molecule has 0 amide bonds. The summed E-state index contributed by atoms with van der Waals surface area (Å²) in [5.41, 5.74) is 5.58. The summed E-state index contributed by atoms with van der Waals surface area (Å²) >= 11 is 0. The Kier molecular flexibility index (Phi) is 3.78. The molecule has 3 N–H and O–H groups in total. The van der Waals surface area contributed by atoms with E-state index < -0.39 is 15.8 Å². The number of rotatable bonds is 4. The number of hydrogen-bond donors (Lipinski definition) is 2. The van der Waals surface area contributed by atoms with Crippen LogP contribution in [-0.4, -0.2) is 21.5 Å². The smallest absolute Gasteiger partial charge is 0.240 e. The van der Waals surface area contributed by atoms with Crippen LogP contribution < -0.4 is 10.5 Å². The molecule has 0 atom stereocenters. The highest BCUT2D eigenvalue weighted by atomic mass is 32.2. The molecule has 0 aliphatic rings. The molecule has 1 aromatic carbocycles. The van der Waals surface area contributed by atoms with Crippen molar-refractivity contribution in [1.29, 1.82) is 0 Å². The third-order valence-electron chi connectivity index (χ3n) is 1.89. The molecule has 4 nitrogen and oxygen atoms in total. The maximum Gasteiger partial charge on any atom is 0.240 e. The van der Waals surface area contributed by atoms with Gasteiger partial charge < -0.3 is 5.73 Å². The Hall–Kier alpha value is -0.980. The van der Waals surface area contributed by atoms with Crippen molar-refractivity contribution in [1.82, 2.24) is 4.72 Å². The average Bonchev–Trinajstić information content (AvgIpc) is 2.19. The quantitative estimate of drug-likeness (QED) is 0.788. The Labute approximate surface area is 88.3 Å². The third kappa shape index (κ3) is 2.98. The minimum Gasteiger partial charge on any atom is -0.329 e. The van der Waals surface area contributed by atoms with Crippen LogP contribution in [0.3, 0.4) is 0 Å². The lowest BCUT2D eigenvalue weighted by Gasteiger charge is -2.06. The van der Waals surface area contributed by atoms with E-state index in [0.717, 1.165) is 6.07 Å². The molecule has 0 bridgehead atoms. The molecule has 0 fully saturated rings. The van der Waals surface area contributed by atoms with Crippen molar-refractivity contribution in [2.75, 3.05) is 13.1 Å². The molecule has 84 valence electrons. The van der Waals surface area contributed by atoms with Gasteiger partial charge in [0.05, 0.1) is 4.90 Å². The van der Waals surface area contributed by atoms with Crippen LogP contribution in [0, 0.1) is 12.7 Å². The molecule has 0 aliphatic carbocycles. The van der Waals surface area contributed by atoms with Gasteiger partial charge in [-0.15, -0.1) is 0 Å². The van der Waals surface area contributed by atoms with Crippen LogP contribution in [0.15, 0.2) is 23.1 Å². The van der Waals surface area contributed by atoms with Gasteiger partial charge in [-0.2, -0.15) is 0 Å². The van der Waals surface area contributed by atoms with Gasteiger partial charge in [0.15, 0.2) is 0 Å². The molecular weight excluding hydrogens is 219 g/mol. The van der Waals surface area contributed by atoms with Crippen molar-refractivity contribution in [3.8, 4) is 0 Å². The summed E-state index contributed by atoms with van der Waals surface area (Å²) in [4.78, 5) is -0.0842. The van der Waals surface area contributed by atoms with E-state index in [9.17, 15) is 12.8 Å². The van der Waals surface area contributed by atoms with E-state index in [0.29, 0.717) is 5.56 Å². The number of aryl methyl sites for hydroxylation is 1. The molecule has 0 saturated heterocycles. The molecule has 6 heteroatoms. The summed E-state index contributed by atoms with van der Waals surface area (Å²) in [5.74, 6) is -0.536. The lowest BCUT2D eigenvalue weighted by molar-refractivity contribution is 0.577.